The zero-order valence-electron chi connectivity index (χ0n) is 17.4. The second-order valence-corrected chi connectivity index (χ2v) is 9.67. The number of aryl methyl sites for hydroxylation is 1. The lowest BCUT2D eigenvalue weighted by Gasteiger charge is -2.41. The number of nitrogens with zero attached hydrogens (tertiary/aromatic N) is 1. The molecule has 2 heterocycles. The van der Waals surface area contributed by atoms with Gasteiger partial charge in [0, 0.05) is 22.5 Å². The number of benzene rings is 2. The Hall–Kier alpha value is -2.61. The van der Waals surface area contributed by atoms with E-state index in [1.54, 1.807) is 0 Å². The zero-order chi connectivity index (χ0) is 19.7. The Morgan fingerprint density at radius 2 is 1.57 bits per heavy atom. The molecule has 1 aliphatic rings. The van der Waals surface area contributed by atoms with Crippen molar-refractivity contribution < 1.29 is 4.42 Å². The van der Waals surface area contributed by atoms with Crippen molar-refractivity contribution in [3.63, 3.8) is 0 Å². The van der Waals surface area contributed by atoms with Crippen molar-refractivity contribution >= 4 is 21.9 Å². The molecule has 2 aromatic heterocycles. The van der Waals surface area contributed by atoms with Crippen LogP contribution in [-0.2, 0) is 10.8 Å². The molecule has 5 rings (SSSR count). The summed E-state index contributed by atoms with van der Waals surface area (Å²) in [5.41, 5.74) is 8.38. The highest BCUT2D eigenvalue weighted by molar-refractivity contribution is 6.09. The molecule has 0 radical (unpaired) electrons. The minimum absolute atomic E-state index is 0.180. The topological polar surface area (TPSA) is 26.0 Å². The number of rotatable bonds is 1. The molecule has 4 aromatic rings. The maximum atomic E-state index is 6.46. The molecule has 0 N–H and O–H groups in total. The Balaban J connectivity index is 1.82. The minimum Gasteiger partial charge on any atom is -0.455 e. The van der Waals surface area contributed by atoms with Crippen molar-refractivity contribution in [3.05, 3.63) is 65.4 Å². The molecule has 0 atom stereocenters. The smallest absolute Gasteiger partial charge is 0.144 e. The van der Waals surface area contributed by atoms with Crippen LogP contribution >= 0.6 is 0 Å². The molecular weight excluding hydrogens is 342 g/mol. The van der Waals surface area contributed by atoms with Crippen LogP contribution in [0, 0.1) is 6.92 Å². The first-order valence-corrected chi connectivity index (χ1v) is 10.2. The number of aromatic nitrogens is 1. The van der Waals surface area contributed by atoms with Gasteiger partial charge < -0.3 is 4.42 Å². The molecule has 142 valence electrons. The van der Waals surface area contributed by atoms with Gasteiger partial charge in [-0.3, -0.25) is 4.98 Å². The van der Waals surface area contributed by atoms with Crippen molar-refractivity contribution in [1.29, 1.82) is 0 Å². The van der Waals surface area contributed by atoms with Gasteiger partial charge in [0.15, 0.2) is 0 Å². The largest absolute Gasteiger partial charge is 0.455 e. The molecule has 0 spiro atoms. The first-order chi connectivity index (χ1) is 13.3. The molecule has 0 unspecified atom stereocenters. The summed E-state index contributed by atoms with van der Waals surface area (Å²) in [6.45, 7) is 11.5. The molecule has 28 heavy (non-hydrogen) atoms. The van der Waals surface area contributed by atoms with Gasteiger partial charge in [0.1, 0.15) is 11.2 Å². The van der Waals surface area contributed by atoms with Gasteiger partial charge in [0.25, 0.3) is 0 Å². The lowest BCUT2D eigenvalue weighted by molar-refractivity contribution is 0.332. The predicted octanol–water partition coefficient (Wildman–Crippen LogP) is 7.31. The van der Waals surface area contributed by atoms with E-state index >= 15 is 0 Å². The molecule has 2 nitrogen and oxygen atoms in total. The molecule has 1 aliphatic carbocycles. The van der Waals surface area contributed by atoms with E-state index in [9.17, 15) is 0 Å². The second-order valence-electron chi connectivity index (χ2n) is 9.67. The van der Waals surface area contributed by atoms with E-state index in [0.29, 0.717) is 0 Å². The van der Waals surface area contributed by atoms with E-state index in [1.165, 1.54) is 34.7 Å². The molecule has 0 saturated heterocycles. The summed E-state index contributed by atoms with van der Waals surface area (Å²) >= 11 is 0. The first kappa shape index (κ1) is 17.5. The average molecular weight is 370 g/mol. The third kappa shape index (κ3) is 2.51. The number of furan rings is 1. The van der Waals surface area contributed by atoms with Crippen molar-refractivity contribution in [3.8, 4) is 11.3 Å². The van der Waals surface area contributed by atoms with E-state index in [2.05, 4.69) is 82.1 Å². The highest BCUT2D eigenvalue weighted by atomic mass is 16.3. The fourth-order valence-electron chi connectivity index (χ4n) is 4.69. The lowest BCUT2D eigenvalue weighted by Crippen LogP contribution is -2.33. The van der Waals surface area contributed by atoms with Crippen LogP contribution in [0.1, 0.15) is 57.2 Å². The van der Waals surface area contributed by atoms with Gasteiger partial charge in [-0.1, -0.05) is 45.9 Å². The Morgan fingerprint density at radius 1 is 0.857 bits per heavy atom. The molecule has 2 heteroatoms. The van der Waals surface area contributed by atoms with E-state index in [4.69, 9.17) is 4.42 Å². The highest BCUT2D eigenvalue weighted by Crippen LogP contribution is 2.48. The maximum Gasteiger partial charge on any atom is 0.144 e. The van der Waals surface area contributed by atoms with Gasteiger partial charge in [-0.2, -0.15) is 0 Å². The number of fused-ring (bicyclic) bond motifs is 4. The number of hydrogen-bond acceptors (Lipinski definition) is 2. The van der Waals surface area contributed by atoms with E-state index in [0.717, 1.165) is 28.0 Å². The van der Waals surface area contributed by atoms with Gasteiger partial charge in [0.2, 0.25) is 0 Å². The van der Waals surface area contributed by atoms with Crippen LogP contribution < -0.4 is 0 Å². The van der Waals surface area contributed by atoms with Crippen molar-refractivity contribution in [2.75, 3.05) is 0 Å². The van der Waals surface area contributed by atoms with E-state index < -0.39 is 0 Å². The summed E-state index contributed by atoms with van der Waals surface area (Å²) in [5.74, 6) is 0. The van der Waals surface area contributed by atoms with Crippen LogP contribution in [0.5, 0.6) is 0 Å². The number of hydrogen-bond donors (Lipinski definition) is 0. The molecular formula is C26H27NO. The van der Waals surface area contributed by atoms with Crippen molar-refractivity contribution in [2.45, 2.75) is 58.3 Å². The summed E-state index contributed by atoms with van der Waals surface area (Å²) in [6, 6.07) is 15.3. The van der Waals surface area contributed by atoms with Crippen LogP contribution in [0.2, 0.25) is 0 Å². The number of para-hydroxylation sites is 1. The summed E-state index contributed by atoms with van der Waals surface area (Å²) in [7, 11) is 0. The second kappa shape index (κ2) is 5.70. The Kier molecular flexibility index (Phi) is 3.56. The average Bonchev–Trinajstić information content (AvgIpc) is 3.03. The SMILES string of the molecule is Cc1ccc(-c2cccc3c2oc2cc4c(cc23)C(C)(C)CCC4(C)C)nc1. The normalized spacial score (nSPS) is 17.8. The molecule has 0 fully saturated rings. The third-order valence-corrected chi connectivity index (χ3v) is 6.66. The lowest BCUT2D eigenvalue weighted by atomic mass is 9.63. The van der Waals surface area contributed by atoms with Crippen LogP contribution in [0.25, 0.3) is 33.2 Å². The summed E-state index contributed by atoms with van der Waals surface area (Å²) in [4.78, 5) is 4.63. The Morgan fingerprint density at radius 3 is 2.25 bits per heavy atom. The zero-order valence-corrected chi connectivity index (χ0v) is 17.4. The Labute approximate surface area is 166 Å². The van der Waals surface area contributed by atoms with Gasteiger partial charge >= 0.3 is 0 Å². The summed E-state index contributed by atoms with van der Waals surface area (Å²) in [6.07, 6.45) is 4.34. The number of pyridine rings is 1. The van der Waals surface area contributed by atoms with Gasteiger partial charge in [-0.25, -0.2) is 0 Å². The predicted molar refractivity (Wildman–Crippen MR) is 117 cm³/mol. The molecule has 0 bridgehead atoms. The summed E-state index contributed by atoms with van der Waals surface area (Å²) in [5, 5.41) is 2.39. The van der Waals surface area contributed by atoms with Crippen LogP contribution in [-0.4, -0.2) is 4.98 Å². The fraction of sp³-hybridized carbons (Fsp3) is 0.346. The molecule has 0 amide bonds. The van der Waals surface area contributed by atoms with Crippen molar-refractivity contribution in [1.82, 2.24) is 4.98 Å². The maximum absolute atomic E-state index is 6.46. The van der Waals surface area contributed by atoms with E-state index in [1.807, 2.05) is 6.20 Å². The molecule has 0 aliphatic heterocycles. The highest BCUT2D eigenvalue weighted by Gasteiger charge is 2.37. The van der Waals surface area contributed by atoms with Crippen LogP contribution in [0.3, 0.4) is 0 Å². The van der Waals surface area contributed by atoms with Gasteiger partial charge in [-0.05, 0) is 71.6 Å². The quantitative estimate of drug-likeness (QED) is 0.352. The summed E-state index contributed by atoms with van der Waals surface area (Å²) < 4.78 is 6.46. The standard InChI is InChI=1S/C26H27NO/c1-16-9-10-22(27-15-16)18-8-6-7-17-19-13-20-21(14-23(19)28-24(17)18)26(4,5)12-11-25(20,2)3/h6-10,13-15H,11-12H2,1-5H3. The van der Waals surface area contributed by atoms with Crippen LogP contribution in [0.4, 0.5) is 0 Å². The monoisotopic (exact) mass is 369 g/mol. The van der Waals surface area contributed by atoms with Gasteiger partial charge in [-0.15, -0.1) is 0 Å². The van der Waals surface area contributed by atoms with E-state index in [-0.39, 0.29) is 10.8 Å². The minimum atomic E-state index is 0.180. The van der Waals surface area contributed by atoms with Gasteiger partial charge in [0.05, 0.1) is 5.69 Å². The van der Waals surface area contributed by atoms with Crippen LogP contribution in [0.15, 0.2) is 53.1 Å². The Bertz CT molecular complexity index is 1210. The van der Waals surface area contributed by atoms with Crippen molar-refractivity contribution in [2.24, 2.45) is 0 Å². The third-order valence-electron chi connectivity index (χ3n) is 6.66. The molecule has 0 saturated carbocycles. The first-order valence-electron chi connectivity index (χ1n) is 10.2. The molecule has 2 aromatic carbocycles. The fourth-order valence-corrected chi connectivity index (χ4v) is 4.69.